The van der Waals surface area contributed by atoms with E-state index in [1.54, 1.807) is 0 Å². The Morgan fingerprint density at radius 3 is 1.74 bits per heavy atom. The van der Waals surface area contributed by atoms with E-state index in [0.29, 0.717) is 17.5 Å². The minimum atomic E-state index is 0.536. The van der Waals surface area contributed by atoms with Crippen molar-refractivity contribution in [2.45, 2.75) is 0 Å². The van der Waals surface area contributed by atoms with Crippen LogP contribution in [0.1, 0.15) is 0 Å². The highest BCUT2D eigenvalue weighted by molar-refractivity contribution is 6.13. The minimum absolute atomic E-state index is 0.536. The number of fused-ring (bicyclic) bond motifs is 9. The van der Waals surface area contributed by atoms with Crippen molar-refractivity contribution in [1.29, 1.82) is 0 Å². The van der Waals surface area contributed by atoms with Gasteiger partial charge < -0.3 is 8.83 Å². The van der Waals surface area contributed by atoms with E-state index in [1.807, 2.05) is 48.5 Å². The lowest BCUT2D eigenvalue weighted by molar-refractivity contribution is 0.668. The van der Waals surface area contributed by atoms with Gasteiger partial charge in [0.2, 0.25) is 0 Å². The molecule has 0 fully saturated rings. The molecule has 0 aliphatic heterocycles. The van der Waals surface area contributed by atoms with Gasteiger partial charge >= 0.3 is 0 Å². The fourth-order valence-electron chi connectivity index (χ4n) is 8.49. The van der Waals surface area contributed by atoms with Crippen molar-refractivity contribution in [3.63, 3.8) is 0 Å². The number of para-hydroxylation sites is 2. The van der Waals surface area contributed by atoms with Gasteiger partial charge in [-0.1, -0.05) is 152 Å². The Balaban J connectivity index is 1.05. The monoisotopic (exact) mass is 741 g/mol. The van der Waals surface area contributed by atoms with Gasteiger partial charge in [-0.05, 0) is 80.2 Å². The van der Waals surface area contributed by atoms with Gasteiger partial charge in [-0.25, -0.2) is 15.0 Å². The number of rotatable bonds is 5. The summed E-state index contributed by atoms with van der Waals surface area (Å²) >= 11 is 0. The van der Waals surface area contributed by atoms with Crippen molar-refractivity contribution < 1.29 is 8.83 Å². The van der Waals surface area contributed by atoms with Crippen LogP contribution in [0.5, 0.6) is 0 Å². The van der Waals surface area contributed by atoms with Crippen molar-refractivity contribution in [3.05, 3.63) is 188 Å². The number of aromatic nitrogens is 3. The summed E-state index contributed by atoms with van der Waals surface area (Å²) in [5, 5.41) is 8.69. The van der Waals surface area contributed by atoms with Gasteiger partial charge in [0, 0.05) is 32.7 Å². The smallest absolute Gasteiger partial charge is 0.167 e. The molecule has 58 heavy (non-hydrogen) atoms. The zero-order valence-corrected chi connectivity index (χ0v) is 31.1. The third-order valence-corrected chi connectivity index (χ3v) is 11.3. The number of hydrogen-bond donors (Lipinski definition) is 0. The van der Waals surface area contributed by atoms with E-state index in [-0.39, 0.29) is 0 Å². The van der Waals surface area contributed by atoms with Crippen LogP contribution in [0.25, 0.3) is 122 Å². The van der Waals surface area contributed by atoms with Crippen LogP contribution in [0.3, 0.4) is 0 Å². The molecule has 270 valence electrons. The summed E-state index contributed by atoms with van der Waals surface area (Å²) in [7, 11) is 0. The molecule has 0 spiro atoms. The highest BCUT2D eigenvalue weighted by Crippen LogP contribution is 2.40. The molecule has 0 saturated carbocycles. The average molecular weight is 742 g/mol. The molecular weight excluding hydrogens is 711 g/mol. The van der Waals surface area contributed by atoms with Crippen molar-refractivity contribution in [2.24, 2.45) is 0 Å². The van der Waals surface area contributed by atoms with Crippen LogP contribution >= 0.6 is 0 Å². The first-order chi connectivity index (χ1) is 28.7. The van der Waals surface area contributed by atoms with E-state index in [4.69, 9.17) is 23.8 Å². The molecule has 0 atom stereocenters. The molecule has 12 rings (SSSR count). The first kappa shape index (κ1) is 32.4. The van der Waals surface area contributed by atoms with E-state index < -0.39 is 0 Å². The standard InChI is InChI=1S/C53H31N3O2/c1-2-10-32(11-3-1)33-20-22-34(23-21-33)37-28-29-42-48(31-37)57-47-19-9-16-43(49(42)47)52-54-51(38-27-26-36-25-24-35-12-4-5-13-39(35)45(36)30-38)55-53(56-52)44-17-8-15-41-40-14-6-7-18-46(40)58-50(41)44/h1-31H. The molecule has 3 aromatic heterocycles. The van der Waals surface area contributed by atoms with Crippen molar-refractivity contribution in [1.82, 2.24) is 15.0 Å². The number of nitrogens with zero attached hydrogens (tertiary/aromatic N) is 3. The van der Waals surface area contributed by atoms with Gasteiger partial charge in [0.15, 0.2) is 17.5 Å². The lowest BCUT2D eigenvalue weighted by Gasteiger charge is -2.11. The Morgan fingerprint density at radius 2 is 0.879 bits per heavy atom. The Hall–Kier alpha value is -7.89. The number of hydrogen-bond acceptors (Lipinski definition) is 5. The Kier molecular flexibility index (Phi) is 7.16. The number of furan rings is 2. The van der Waals surface area contributed by atoms with Crippen LogP contribution in [0.2, 0.25) is 0 Å². The van der Waals surface area contributed by atoms with Gasteiger partial charge in [0.25, 0.3) is 0 Å². The van der Waals surface area contributed by atoms with Gasteiger partial charge in [-0.2, -0.15) is 0 Å². The highest BCUT2D eigenvalue weighted by Gasteiger charge is 2.21. The van der Waals surface area contributed by atoms with Crippen molar-refractivity contribution in [2.75, 3.05) is 0 Å². The van der Waals surface area contributed by atoms with Gasteiger partial charge in [0.05, 0.1) is 5.56 Å². The zero-order valence-electron chi connectivity index (χ0n) is 31.1. The highest BCUT2D eigenvalue weighted by atomic mass is 16.3. The lowest BCUT2D eigenvalue weighted by Crippen LogP contribution is -2.00. The summed E-state index contributed by atoms with van der Waals surface area (Å²) in [6, 6.07) is 65.2. The first-order valence-corrected chi connectivity index (χ1v) is 19.4. The molecule has 12 aromatic rings. The van der Waals surface area contributed by atoms with Gasteiger partial charge in [-0.15, -0.1) is 0 Å². The van der Waals surface area contributed by atoms with E-state index >= 15 is 0 Å². The zero-order chi connectivity index (χ0) is 38.2. The summed E-state index contributed by atoms with van der Waals surface area (Å²) < 4.78 is 13.1. The molecule has 0 bridgehead atoms. The van der Waals surface area contributed by atoms with E-state index in [2.05, 4.69) is 140 Å². The first-order valence-electron chi connectivity index (χ1n) is 19.4. The summed E-state index contributed by atoms with van der Waals surface area (Å²) in [5.74, 6) is 1.67. The van der Waals surface area contributed by atoms with Gasteiger partial charge in [-0.3, -0.25) is 0 Å². The normalized spacial score (nSPS) is 11.8. The molecule has 0 aliphatic rings. The molecule has 0 N–H and O–H groups in total. The van der Waals surface area contributed by atoms with E-state index in [1.165, 1.54) is 21.9 Å². The summed E-state index contributed by atoms with van der Waals surface area (Å²) in [6.45, 7) is 0. The largest absolute Gasteiger partial charge is 0.456 e. The molecule has 9 aromatic carbocycles. The van der Waals surface area contributed by atoms with Gasteiger partial charge in [0.1, 0.15) is 22.3 Å². The third-order valence-electron chi connectivity index (χ3n) is 11.3. The Labute approximate surface area is 332 Å². The molecule has 0 saturated heterocycles. The predicted molar refractivity (Wildman–Crippen MR) is 237 cm³/mol. The predicted octanol–water partition coefficient (Wildman–Crippen LogP) is 14.3. The maximum atomic E-state index is 6.59. The SMILES string of the molecule is c1ccc(-c2ccc(-c3ccc4c(c3)oc3cccc(-c5nc(-c6ccc7ccc8ccccc8c7c6)nc(-c6cccc7c6oc6ccccc67)n5)c34)cc2)cc1. The molecule has 0 amide bonds. The summed E-state index contributed by atoms with van der Waals surface area (Å²) in [6.07, 6.45) is 0. The van der Waals surface area contributed by atoms with Crippen LogP contribution < -0.4 is 0 Å². The molecule has 5 nitrogen and oxygen atoms in total. The third kappa shape index (κ3) is 5.21. The number of benzene rings is 9. The second-order valence-corrected chi connectivity index (χ2v) is 14.7. The van der Waals surface area contributed by atoms with Crippen molar-refractivity contribution >= 4 is 65.4 Å². The maximum absolute atomic E-state index is 6.59. The quantitative estimate of drug-likeness (QED) is 0.164. The summed E-state index contributed by atoms with van der Waals surface area (Å²) in [4.78, 5) is 15.7. The van der Waals surface area contributed by atoms with Crippen LogP contribution in [-0.4, -0.2) is 15.0 Å². The topological polar surface area (TPSA) is 65.0 Å². The molecule has 3 heterocycles. The van der Waals surface area contributed by atoms with Crippen LogP contribution in [0.4, 0.5) is 0 Å². The second kappa shape index (κ2) is 12.8. The molecular formula is C53H31N3O2. The van der Waals surface area contributed by atoms with E-state index in [0.717, 1.165) is 82.5 Å². The minimum Gasteiger partial charge on any atom is -0.456 e. The fourth-order valence-corrected chi connectivity index (χ4v) is 8.49. The molecule has 0 radical (unpaired) electrons. The average Bonchev–Trinajstić information content (AvgIpc) is 3.87. The molecule has 0 aliphatic carbocycles. The maximum Gasteiger partial charge on any atom is 0.167 e. The van der Waals surface area contributed by atoms with Crippen molar-refractivity contribution in [3.8, 4) is 56.4 Å². The second-order valence-electron chi connectivity index (χ2n) is 14.7. The Bertz CT molecular complexity index is 3570. The van der Waals surface area contributed by atoms with Crippen LogP contribution in [0.15, 0.2) is 197 Å². The molecule has 0 unspecified atom stereocenters. The van der Waals surface area contributed by atoms with Crippen LogP contribution in [-0.2, 0) is 0 Å². The lowest BCUT2D eigenvalue weighted by atomic mass is 9.99. The van der Waals surface area contributed by atoms with E-state index in [9.17, 15) is 0 Å². The van der Waals surface area contributed by atoms with Crippen LogP contribution in [0, 0.1) is 0 Å². The molecule has 5 heteroatoms. The Morgan fingerprint density at radius 1 is 0.293 bits per heavy atom. The fraction of sp³-hybridized carbons (Fsp3) is 0. The summed E-state index contributed by atoms with van der Waals surface area (Å²) in [5.41, 5.74) is 10.3.